The van der Waals surface area contributed by atoms with Crippen LogP contribution < -0.4 is 5.32 Å². The van der Waals surface area contributed by atoms with Gasteiger partial charge in [-0.05, 0) is 43.1 Å². The van der Waals surface area contributed by atoms with Gasteiger partial charge >= 0.3 is 6.18 Å². The van der Waals surface area contributed by atoms with E-state index in [1.165, 1.54) is 0 Å². The molecule has 1 aromatic carbocycles. The van der Waals surface area contributed by atoms with Crippen LogP contribution in [-0.4, -0.2) is 34.0 Å². The monoisotopic (exact) mass is 370 g/mol. The molecular weight excluding hydrogens is 353 g/mol. The number of likely N-dealkylation sites (tertiary alicyclic amines) is 1. The minimum atomic E-state index is -4.47. The number of nitrogens with one attached hydrogen (secondary N) is 1. The number of hydrogen-bond acceptors (Lipinski definition) is 4. The molecule has 2 heterocycles. The Balaban J connectivity index is 1.61. The molecule has 1 aliphatic rings. The highest BCUT2D eigenvalue weighted by Crippen LogP contribution is 2.28. The summed E-state index contributed by atoms with van der Waals surface area (Å²) in [5.41, 5.74) is 0.221. The predicted octanol–water partition coefficient (Wildman–Crippen LogP) is 4.23. The van der Waals surface area contributed by atoms with Crippen molar-refractivity contribution in [1.82, 2.24) is 14.9 Å². The maximum atomic E-state index is 12.7. The first-order chi connectivity index (χ1) is 11.9. The lowest BCUT2D eigenvalue weighted by Crippen LogP contribution is -2.42. The Hall–Kier alpha value is -1.86. The van der Waals surface area contributed by atoms with E-state index >= 15 is 0 Å². The highest BCUT2D eigenvalue weighted by molar-refractivity contribution is 6.30. The molecule has 8 heteroatoms. The number of halogens is 4. The number of rotatable bonds is 4. The molecule has 1 unspecified atom stereocenters. The summed E-state index contributed by atoms with van der Waals surface area (Å²) in [7, 11) is 0. The second kappa shape index (κ2) is 7.58. The SMILES string of the molecule is FC(F)(F)c1ccnc(NC2CCCN(Cc3ccc(Cl)cc3)C2)n1. The van der Waals surface area contributed by atoms with Gasteiger partial charge in [-0.2, -0.15) is 13.2 Å². The number of hydrogen-bond donors (Lipinski definition) is 1. The van der Waals surface area contributed by atoms with Crippen molar-refractivity contribution in [3.05, 3.63) is 52.8 Å². The molecule has 1 aliphatic heterocycles. The van der Waals surface area contributed by atoms with Crippen molar-refractivity contribution in [2.75, 3.05) is 18.4 Å². The Morgan fingerprint density at radius 1 is 1.20 bits per heavy atom. The van der Waals surface area contributed by atoms with Crippen LogP contribution in [0.4, 0.5) is 19.1 Å². The Kier molecular flexibility index (Phi) is 5.44. The second-order valence-electron chi connectivity index (χ2n) is 6.11. The van der Waals surface area contributed by atoms with E-state index in [1.54, 1.807) is 0 Å². The molecule has 2 aromatic rings. The number of alkyl halides is 3. The van der Waals surface area contributed by atoms with Crippen LogP contribution in [0.3, 0.4) is 0 Å². The largest absolute Gasteiger partial charge is 0.433 e. The third-order valence-corrected chi connectivity index (χ3v) is 4.36. The van der Waals surface area contributed by atoms with Gasteiger partial charge in [0.1, 0.15) is 5.69 Å². The average Bonchev–Trinajstić information content (AvgIpc) is 2.57. The Bertz CT molecular complexity index is 706. The van der Waals surface area contributed by atoms with Crippen molar-refractivity contribution in [2.24, 2.45) is 0 Å². The molecular formula is C17H18ClF3N4. The van der Waals surface area contributed by atoms with E-state index in [9.17, 15) is 13.2 Å². The molecule has 0 spiro atoms. The highest BCUT2D eigenvalue weighted by atomic mass is 35.5. The molecule has 1 saturated heterocycles. The molecule has 0 bridgehead atoms. The van der Waals surface area contributed by atoms with Gasteiger partial charge in [0.15, 0.2) is 0 Å². The van der Waals surface area contributed by atoms with E-state index < -0.39 is 11.9 Å². The summed E-state index contributed by atoms with van der Waals surface area (Å²) < 4.78 is 38.2. The van der Waals surface area contributed by atoms with Crippen LogP contribution in [-0.2, 0) is 12.7 Å². The summed E-state index contributed by atoms with van der Waals surface area (Å²) in [6.07, 6.45) is -1.50. The number of anilines is 1. The quantitative estimate of drug-likeness (QED) is 0.874. The van der Waals surface area contributed by atoms with Gasteiger partial charge in [0, 0.05) is 30.4 Å². The Labute approximate surface area is 149 Å². The zero-order valence-electron chi connectivity index (χ0n) is 13.4. The van der Waals surface area contributed by atoms with Crippen molar-refractivity contribution >= 4 is 17.5 Å². The van der Waals surface area contributed by atoms with Crippen LogP contribution in [0.5, 0.6) is 0 Å². The van der Waals surface area contributed by atoms with Gasteiger partial charge in [0.25, 0.3) is 0 Å². The van der Waals surface area contributed by atoms with Crippen molar-refractivity contribution in [2.45, 2.75) is 31.6 Å². The lowest BCUT2D eigenvalue weighted by molar-refractivity contribution is -0.141. The van der Waals surface area contributed by atoms with Gasteiger partial charge in [-0.1, -0.05) is 23.7 Å². The molecule has 1 fully saturated rings. The Morgan fingerprint density at radius 3 is 2.68 bits per heavy atom. The first-order valence-electron chi connectivity index (χ1n) is 8.04. The molecule has 1 N–H and O–H groups in total. The third-order valence-electron chi connectivity index (χ3n) is 4.10. The molecule has 134 valence electrons. The lowest BCUT2D eigenvalue weighted by atomic mass is 10.0. The molecule has 0 saturated carbocycles. The van der Waals surface area contributed by atoms with Crippen LogP contribution in [0.15, 0.2) is 36.5 Å². The van der Waals surface area contributed by atoms with E-state index in [0.29, 0.717) is 5.02 Å². The molecule has 0 radical (unpaired) electrons. The van der Waals surface area contributed by atoms with Crippen LogP contribution in [0.2, 0.25) is 5.02 Å². The van der Waals surface area contributed by atoms with E-state index in [-0.39, 0.29) is 12.0 Å². The number of piperidine rings is 1. The van der Waals surface area contributed by atoms with Gasteiger partial charge in [-0.3, -0.25) is 4.90 Å². The standard InChI is InChI=1S/C17H18ClF3N4/c18-13-5-3-12(4-6-13)10-25-9-1-2-14(11-25)23-16-22-8-7-15(24-16)17(19,20)21/h3-8,14H,1-2,9-11H2,(H,22,23,24). The van der Waals surface area contributed by atoms with E-state index in [2.05, 4.69) is 20.2 Å². The van der Waals surface area contributed by atoms with Crippen LogP contribution in [0.25, 0.3) is 0 Å². The number of aromatic nitrogens is 2. The zero-order valence-corrected chi connectivity index (χ0v) is 14.2. The van der Waals surface area contributed by atoms with Crippen molar-refractivity contribution in [3.8, 4) is 0 Å². The fourth-order valence-corrected chi connectivity index (χ4v) is 3.06. The van der Waals surface area contributed by atoms with Gasteiger partial charge in [0.2, 0.25) is 5.95 Å². The second-order valence-corrected chi connectivity index (χ2v) is 6.54. The number of nitrogens with zero attached hydrogens (tertiary/aromatic N) is 3. The maximum absolute atomic E-state index is 12.7. The maximum Gasteiger partial charge on any atom is 0.433 e. The normalized spacial score (nSPS) is 19.0. The lowest BCUT2D eigenvalue weighted by Gasteiger charge is -2.33. The van der Waals surface area contributed by atoms with Crippen molar-refractivity contribution in [1.29, 1.82) is 0 Å². The molecule has 3 rings (SSSR count). The molecule has 1 atom stereocenters. The number of benzene rings is 1. The van der Waals surface area contributed by atoms with Crippen LogP contribution >= 0.6 is 11.6 Å². The average molecular weight is 371 g/mol. The van der Waals surface area contributed by atoms with Crippen molar-refractivity contribution in [3.63, 3.8) is 0 Å². The van der Waals surface area contributed by atoms with E-state index in [0.717, 1.165) is 50.3 Å². The zero-order chi connectivity index (χ0) is 17.9. The van der Waals surface area contributed by atoms with Crippen LogP contribution in [0.1, 0.15) is 24.1 Å². The van der Waals surface area contributed by atoms with Gasteiger partial charge in [-0.25, -0.2) is 9.97 Å². The molecule has 0 aliphatic carbocycles. The highest BCUT2D eigenvalue weighted by Gasteiger charge is 2.33. The fourth-order valence-electron chi connectivity index (χ4n) is 2.93. The summed E-state index contributed by atoms with van der Waals surface area (Å²) >= 11 is 5.90. The van der Waals surface area contributed by atoms with Gasteiger partial charge < -0.3 is 5.32 Å². The van der Waals surface area contributed by atoms with E-state index in [1.807, 2.05) is 24.3 Å². The first-order valence-corrected chi connectivity index (χ1v) is 8.41. The summed E-state index contributed by atoms with van der Waals surface area (Å²) in [6.45, 7) is 2.45. The van der Waals surface area contributed by atoms with Gasteiger partial charge in [-0.15, -0.1) is 0 Å². The summed E-state index contributed by atoms with van der Waals surface area (Å²) in [5, 5.41) is 3.73. The Morgan fingerprint density at radius 2 is 1.96 bits per heavy atom. The van der Waals surface area contributed by atoms with E-state index in [4.69, 9.17) is 11.6 Å². The summed E-state index contributed by atoms with van der Waals surface area (Å²) in [5.74, 6) is 0.0215. The fraction of sp³-hybridized carbons (Fsp3) is 0.412. The topological polar surface area (TPSA) is 41.1 Å². The van der Waals surface area contributed by atoms with Gasteiger partial charge in [0.05, 0.1) is 0 Å². The predicted molar refractivity (Wildman–Crippen MR) is 90.4 cm³/mol. The summed E-state index contributed by atoms with van der Waals surface area (Å²) in [4.78, 5) is 9.75. The van der Waals surface area contributed by atoms with Crippen LogP contribution in [0, 0.1) is 0 Å². The smallest absolute Gasteiger partial charge is 0.350 e. The molecule has 25 heavy (non-hydrogen) atoms. The molecule has 1 aromatic heterocycles. The molecule has 0 amide bonds. The third kappa shape index (κ3) is 5.06. The minimum absolute atomic E-state index is 0.0181. The minimum Gasteiger partial charge on any atom is -0.350 e. The van der Waals surface area contributed by atoms with Crippen molar-refractivity contribution < 1.29 is 13.2 Å². The first kappa shape index (κ1) is 17.9. The molecule has 4 nitrogen and oxygen atoms in total. The summed E-state index contributed by atoms with van der Waals surface area (Å²) in [6, 6.07) is 8.56.